The molecular formula is C11H18O5. The molecule has 0 saturated carbocycles. The molecule has 2 heterocycles. The third kappa shape index (κ3) is 1.46. The molecule has 1 spiro atoms. The van der Waals surface area contributed by atoms with Crippen LogP contribution in [0.2, 0.25) is 0 Å². The van der Waals surface area contributed by atoms with Gasteiger partial charge in [-0.15, -0.1) is 0 Å². The molecule has 0 aromatic heterocycles. The summed E-state index contributed by atoms with van der Waals surface area (Å²) in [5, 5.41) is 0. The molecule has 16 heavy (non-hydrogen) atoms. The number of carbonyl (C=O) groups excluding carboxylic acids is 1. The first-order chi connectivity index (χ1) is 7.59. The quantitative estimate of drug-likeness (QED) is 0.506. The average Bonchev–Trinajstić information content (AvgIpc) is 2.98. The van der Waals surface area contributed by atoms with E-state index < -0.39 is 11.2 Å². The normalized spacial score (nSPS) is 32.5. The van der Waals surface area contributed by atoms with Gasteiger partial charge < -0.3 is 18.9 Å². The monoisotopic (exact) mass is 230 g/mol. The van der Waals surface area contributed by atoms with Crippen LogP contribution in [0.15, 0.2) is 0 Å². The van der Waals surface area contributed by atoms with Gasteiger partial charge in [0.15, 0.2) is 5.60 Å². The van der Waals surface area contributed by atoms with Gasteiger partial charge in [0.2, 0.25) is 5.60 Å². The first-order valence-electron chi connectivity index (χ1n) is 5.53. The molecule has 2 fully saturated rings. The maximum Gasteiger partial charge on any atom is 0.341 e. The smallest absolute Gasteiger partial charge is 0.341 e. The van der Waals surface area contributed by atoms with Crippen molar-refractivity contribution < 1.29 is 23.7 Å². The molecule has 0 aromatic rings. The average molecular weight is 230 g/mol. The third-order valence-electron chi connectivity index (χ3n) is 3.34. The molecule has 5 heteroatoms. The van der Waals surface area contributed by atoms with Crippen LogP contribution in [0.3, 0.4) is 0 Å². The highest BCUT2D eigenvalue weighted by molar-refractivity contribution is 5.85. The zero-order valence-corrected chi connectivity index (χ0v) is 9.95. The van der Waals surface area contributed by atoms with Gasteiger partial charge in [0, 0.05) is 0 Å². The van der Waals surface area contributed by atoms with E-state index in [0.717, 1.165) is 0 Å². The molecule has 0 bridgehead atoms. The first kappa shape index (κ1) is 11.8. The summed E-state index contributed by atoms with van der Waals surface area (Å²) in [4.78, 5) is 11.9. The lowest BCUT2D eigenvalue weighted by molar-refractivity contribution is -0.148. The second-order valence-electron chi connectivity index (χ2n) is 4.58. The Morgan fingerprint density at radius 2 is 1.81 bits per heavy atom. The van der Waals surface area contributed by atoms with Crippen LogP contribution in [0.4, 0.5) is 0 Å². The molecule has 2 rings (SSSR count). The minimum Gasteiger partial charge on any atom is -0.467 e. The molecular weight excluding hydrogens is 212 g/mol. The summed E-state index contributed by atoms with van der Waals surface area (Å²) in [7, 11) is 1.38. The summed E-state index contributed by atoms with van der Waals surface area (Å²) in [5.74, 6) is -0.304. The lowest BCUT2D eigenvalue weighted by Gasteiger charge is -2.19. The van der Waals surface area contributed by atoms with E-state index in [9.17, 15) is 4.79 Å². The van der Waals surface area contributed by atoms with Crippen molar-refractivity contribution in [2.24, 2.45) is 5.92 Å². The standard InChI is InChI=1S/C11H18O5/c1-8(2)11(9(12)13-3)10(16-11)6-14-4-5-15-7-10/h8H,4-7H2,1-3H3. The predicted octanol–water partition coefficient (Wildman–Crippen LogP) is 0.370. The van der Waals surface area contributed by atoms with Crippen molar-refractivity contribution >= 4 is 5.97 Å². The van der Waals surface area contributed by atoms with Crippen molar-refractivity contribution in [3.05, 3.63) is 0 Å². The Labute approximate surface area is 95.0 Å². The molecule has 2 saturated heterocycles. The van der Waals surface area contributed by atoms with Crippen LogP contribution < -0.4 is 0 Å². The fourth-order valence-electron chi connectivity index (χ4n) is 2.45. The van der Waals surface area contributed by atoms with E-state index in [1.54, 1.807) is 0 Å². The Morgan fingerprint density at radius 1 is 1.25 bits per heavy atom. The van der Waals surface area contributed by atoms with Gasteiger partial charge >= 0.3 is 5.97 Å². The lowest BCUT2D eigenvalue weighted by atomic mass is 9.84. The van der Waals surface area contributed by atoms with E-state index in [1.165, 1.54) is 7.11 Å². The second kappa shape index (κ2) is 3.98. The summed E-state index contributed by atoms with van der Waals surface area (Å²) in [6, 6.07) is 0. The summed E-state index contributed by atoms with van der Waals surface area (Å²) >= 11 is 0. The van der Waals surface area contributed by atoms with Crippen LogP contribution in [0.1, 0.15) is 13.8 Å². The van der Waals surface area contributed by atoms with Crippen molar-refractivity contribution in [1.82, 2.24) is 0 Å². The molecule has 0 aromatic carbocycles. The Hall–Kier alpha value is -0.650. The van der Waals surface area contributed by atoms with Gasteiger partial charge in [0.1, 0.15) is 0 Å². The van der Waals surface area contributed by atoms with Crippen molar-refractivity contribution in [2.45, 2.75) is 25.0 Å². The molecule has 0 N–H and O–H groups in total. The number of hydrogen-bond donors (Lipinski definition) is 0. The predicted molar refractivity (Wildman–Crippen MR) is 55.0 cm³/mol. The van der Waals surface area contributed by atoms with Gasteiger partial charge in [-0.25, -0.2) is 4.79 Å². The molecule has 0 amide bonds. The van der Waals surface area contributed by atoms with Gasteiger partial charge in [-0.05, 0) is 5.92 Å². The molecule has 0 radical (unpaired) electrons. The summed E-state index contributed by atoms with van der Waals surface area (Å²) in [6.45, 7) is 5.74. The maximum atomic E-state index is 11.9. The third-order valence-corrected chi connectivity index (χ3v) is 3.34. The van der Waals surface area contributed by atoms with E-state index in [0.29, 0.717) is 26.4 Å². The lowest BCUT2D eigenvalue weighted by Crippen LogP contribution is -2.44. The van der Waals surface area contributed by atoms with Gasteiger partial charge in [-0.1, -0.05) is 13.8 Å². The van der Waals surface area contributed by atoms with Crippen LogP contribution in [0, 0.1) is 5.92 Å². The highest BCUT2D eigenvalue weighted by atomic mass is 16.7. The number of ether oxygens (including phenoxy) is 4. The number of hydrogen-bond acceptors (Lipinski definition) is 5. The Morgan fingerprint density at radius 3 is 2.25 bits per heavy atom. The Bertz CT molecular complexity index is 280. The Kier molecular flexibility index (Phi) is 2.94. The number of methoxy groups -OCH3 is 1. The van der Waals surface area contributed by atoms with Crippen LogP contribution in [-0.4, -0.2) is 50.7 Å². The summed E-state index contributed by atoms with van der Waals surface area (Å²) in [6.07, 6.45) is 0. The van der Waals surface area contributed by atoms with E-state index in [-0.39, 0.29) is 11.9 Å². The molecule has 92 valence electrons. The highest BCUT2D eigenvalue weighted by Crippen LogP contribution is 2.54. The largest absolute Gasteiger partial charge is 0.467 e. The van der Waals surface area contributed by atoms with Crippen LogP contribution in [-0.2, 0) is 23.7 Å². The fraction of sp³-hybridized carbons (Fsp3) is 0.909. The first-order valence-corrected chi connectivity index (χ1v) is 5.53. The van der Waals surface area contributed by atoms with Gasteiger partial charge in [0.05, 0.1) is 33.5 Å². The minimum atomic E-state index is -0.897. The van der Waals surface area contributed by atoms with E-state index in [2.05, 4.69) is 0 Å². The van der Waals surface area contributed by atoms with Gasteiger partial charge in [-0.3, -0.25) is 0 Å². The number of rotatable bonds is 2. The molecule has 1 unspecified atom stereocenters. The number of esters is 1. The fourth-order valence-corrected chi connectivity index (χ4v) is 2.45. The van der Waals surface area contributed by atoms with Gasteiger partial charge in [0.25, 0.3) is 0 Å². The SMILES string of the molecule is COC(=O)C1(C(C)C)OC12COCCOC2. The van der Waals surface area contributed by atoms with Crippen molar-refractivity contribution in [1.29, 1.82) is 0 Å². The van der Waals surface area contributed by atoms with Crippen molar-refractivity contribution in [3.8, 4) is 0 Å². The second-order valence-corrected chi connectivity index (χ2v) is 4.58. The zero-order valence-electron chi connectivity index (χ0n) is 9.95. The van der Waals surface area contributed by atoms with Crippen LogP contribution in [0.5, 0.6) is 0 Å². The van der Waals surface area contributed by atoms with Crippen LogP contribution >= 0.6 is 0 Å². The number of epoxide rings is 1. The zero-order chi connectivity index (χ0) is 11.8. The number of carbonyl (C=O) groups is 1. The van der Waals surface area contributed by atoms with E-state index >= 15 is 0 Å². The summed E-state index contributed by atoms with van der Waals surface area (Å²) < 4.78 is 21.4. The minimum absolute atomic E-state index is 0.0326. The van der Waals surface area contributed by atoms with E-state index in [1.807, 2.05) is 13.8 Å². The van der Waals surface area contributed by atoms with Crippen molar-refractivity contribution in [3.63, 3.8) is 0 Å². The van der Waals surface area contributed by atoms with Gasteiger partial charge in [-0.2, -0.15) is 0 Å². The molecule has 0 aliphatic carbocycles. The van der Waals surface area contributed by atoms with Crippen molar-refractivity contribution in [2.75, 3.05) is 33.5 Å². The molecule has 5 nitrogen and oxygen atoms in total. The maximum absolute atomic E-state index is 11.9. The van der Waals surface area contributed by atoms with E-state index in [4.69, 9.17) is 18.9 Å². The molecule has 2 aliphatic heterocycles. The summed E-state index contributed by atoms with van der Waals surface area (Å²) in [5.41, 5.74) is -1.54. The highest BCUT2D eigenvalue weighted by Gasteiger charge is 2.77. The Balaban J connectivity index is 2.21. The molecule has 2 aliphatic rings. The molecule has 1 atom stereocenters. The van der Waals surface area contributed by atoms with Crippen LogP contribution in [0.25, 0.3) is 0 Å². The topological polar surface area (TPSA) is 57.3 Å².